The van der Waals surface area contributed by atoms with Crippen LogP contribution in [0.1, 0.15) is 24.6 Å². The van der Waals surface area contributed by atoms with Crippen molar-refractivity contribution in [2.24, 2.45) is 0 Å². The summed E-state index contributed by atoms with van der Waals surface area (Å²) in [7, 11) is 2.00. The molecule has 0 aliphatic carbocycles. The van der Waals surface area contributed by atoms with Crippen LogP contribution in [0.25, 0.3) is 11.1 Å². The fraction of sp³-hybridized carbons (Fsp3) is 0.400. The second-order valence-corrected chi connectivity index (χ2v) is 5.08. The molecular weight excluding hydrogens is 279 g/mol. The Labute approximate surface area is 121 Å². The molecule has 6 heteroatoms. The second-order valence-electron chi connectivity index (χ2n) is 5.08. The van der Waals surface area contributed by atoms with E-state index in [1.165, 1.54) is 12.1 Å². The van der Waals surface area contributed by atoms with Crippen molar-refractivity contribution in [3.8, 4) is 11.1 Å². The minimum atomic E-state index is -4.31. The molecule has 0 aliphatic rings. The van der Waals surface area contributed by atoms with Crippen molar-refractivity contribution in [2.45, 2.75) is 26.1 Å². The zero-order valence-electron chi connectivity index (χ0n) is 12.0. The highest BCUT2D eigenvalue weighted by molar-refractivity contribution is 5.65. The lowest BCUT2D eigenvalue weighted by Crippen LogP contribution is -2.19. The van der Waals surface area contributed by atoms with Crippen molar-refractivity contribution in [1.82, 2.24) is 15.1 Å². The monoisotopic (exact) mass is 297 g/mol. The van der Waals surface area contributed by atoms with Gasteiger partial charge < -0.3 is 4.90 Å². The molecule has 2 rings (SSSR count). The van der Waals surface area contributed by atoms with E-state index in [9.17, 15) is 13.2 Å². The van der Waals surface area contributed by atoms with Gasteiger partial charge in [0.05, 0.1) is 17.5 Å². The molecule has 0 aliphatic heterocycles. The van der Waals surface area contributed by atoms with Gasteiger partial charge >= 0.3 is 6.18 Å². The van der Waals surface area contributed by atoms with E-state index in [2.05, 4.69) is 22.0 Å². The first-order valence-corrected chi connectivity index (χ1v) is 6.80. The highest BCUT2D eigenvalue weighted by atomic mass is 19.4. The maximum absolute atomic E-state index is 12.6. The zero-order chi connectivity index (χ0) is 15.5. The summed E-state index contributed by atoms with van der Waals surface area (Å²) in [6.07, 6.45) is -1.61. The molecule has 0 amide bonds. The average Bonchev–Trinajstić information content (AvgIpc) is 2.86. The van der Waals surface area contributed by atoms with E-state index in [4.69, 9.17) is 0 Å². The summed E-state index contributed by atoms with van der Waals surface area (Å²) < 4.78 is 37.7. The smallest absolute Gasteiger partial charge is 0.301 e. The molecular formula is C15H18F3N3. The van der Waals surface area contributed by atoms with Crippen LogP contribution in [-0.4, -0.2) is 28.7 Å². The van der Waals surface area contributed by atoms with E-state index in [0.29, 0.717) is 6.54 Å². The van der Waals surface area contributed by atoms with Crippen molar-refractivity contribution < 1.29 is 13.2 Å². The molecule has 0 saturated carbocycles. The summed E-state index contributed by atoms with van der Waals surface area (Å²) in [5.41, 5.74) is 1.84. The van der Waals surface area contributed by atoms with Gasteiger partial charge in [0.2, 0.25) is 0 Å². The molecule has 0 saturated heterocycles. The van der Waals surface area contributed by atoms with Crippen LogP contribution >= 0.6 is 0 Å². The minimum Gasteiger partial charge on any atom is -0.301 e. The summed E-state index contributed by atoms with van der Waals surface area (Å²) >= 11 is 0. The van der Waals surface area contributed by atoms with Crippen molar-refractivity contribution in [2.75, 3.05) is 13.6 Å². The van der Waals surface area contributed by atoms with Gasteiger partial charge in [0.25, 0.3) is 0 Å². The molecule has 0 bridgehead atoms. The molecule has 0 spiro atoms. The van der Waals surface area contributed by atoms with Crippen molar-refractivity contribution in [3.05, 3.63) is 41.7 Å². The molecule has 0 atom stereocenters. The number of hydrogen-bond acceptors (Lipinski definition) is 2. The summed E-state index contributed by atoms with van der Waals surface area (Å²) in [6, 6.07) is 5.16. The minimum absolute atomic E-state index is 0.639. The van der Waals surface area contributed by atoms with Crippen LogP contribution in [0, 0.1) is 0 Å². The standard InChI is InChI=1S/C15H18F3N3/c1-3-8-21(2)10-14-13(9-19-20-14)11-4-6-12(7-5-11)15(16,17)18/h4-7,9H,3,8,10H2,1-2H3,(H,19,20). The number of alkyl halides is 3. The highest BCUT2D eigenvalue weighted by Gasteiger charge is 2.30. The number of H-pyrrole nitrogens is 1. The Bertz CT molecular complexity index is 573. The Balaban J connectivity index is 2.21. The molecule has 1 aromatic heterocycles. The number of nitrogens with zero attached hydrogens (tertiary/aromatic N) is 2. The van der Waals surface area contributed by atoms with E-state index < -0.39 is 11.7 Å². The Kier molecular flexibility index (Phi) is 4.67. The molecule has 0 fully saturated rings. The lowest BCUT2D eigenvalue weighted by Gasteiger charge is -2.15. The number of nitrogens with one attached hydrogen (secondary N) is 1. The van der Waals surface area contributed by atoms with Crippen molar-refractivity contribution in [3.63, 3.8) is 0 Å². The first kappa shape index (κ1) is 15.6. The topological polar surface area (TPSA) is 31.9 Å². The summed E-state index contributed by atoms with van der Waals surface area (Å²) in [6.45, 7) is 3.73. The van der Waals surface area contributed by atoms with Gasteiger partial charge in [-0.2, -0.15) is 18.3 Å². The van der Waals surface area contributed by atoms with E-state index in [1.54, 1.807) is 6.20 Å². The number of rotatable bonds is 5. The van der Waals surface area contributed by atoms with Crippen molar-refractivity contribution in [1.29, 1.82) is 0 Å². The van der Waals surface area contributed by atoms with Gasteiger partial charge in [-0.3, -0.25) is 5.10 Å². The maximum atomic E-state index is 12.6. The van der Waals surface area contributed by atoms with Crippen LogP contribution in [0.5, 0.6) is 0 Å². The van der Waals surface area contributed by atoms with E-state index in [0.717, 1.165) is 41.9 Å². The Hall–Kier alpha value is -1.82. The third kappa shape index (κ3) is 3.85. The molecule has 21 heavy (non-hydrogen) atoms. The summed E-state index contributed by atoms with van der Waals surface area (Å²) in [5.74, 6) is 0. The third-order valence-corrected chi connectivity index (χ3v) is 3.27. The van der Waals surface area contributed by atoms with Gasteiger partial charge in [-0.25, -0.2) is 0 Å². The molecule has 0 radical (unpaired) electrons. The molecule has 1 aromatic carbocycles. The van der Waals surface area contributed by atoms with Gasteiger partial charge in [-0.05, 0) is 37.7 Å². The fourth-order valence-electron chi connectivity index (χ4n) is 2.25. The predicted molar refractivity (Wildman–Crippen MR) is 75.7 cm³/mol. The summed E-state index contributed by atoms with van der Waals surface area (Å²) in [4.78, 5) is 2.14. The normalized spacial score (nSPS) is 12.1. The van der Waals surface area contributed by atoms with Gasteiger partial charge in [0, 0.05) is 12.1 Å². The lowest BCUT2D eigenvalue weighted by atomic mass is 10.0. The van der Waals surface area contributed by atoms with Crippen LogP contribution in [0.3, 0.4) is 0 Å². The fourth-order valence-corrected chi connectivity index (χ4v) is 2.25. The predicted octanol–water partition coefficient (Wildman–Crippen LogP) is 3.94. The second kappa shape index (κ2) is 6.30. The van der Waals surface area contributed by atoms with Crippen LogP contribution in [0.15, 0.2) is 30.5 Å². The van der Waals surface area contributed by atoms with Gasteiger partial charge in [-0.1, -0.05) is 19.1 Å². The molecule has 0 unspecified atom stereocenters. The highest BCUT2D eigenvalue weighted by Crippen LogP contribution is 2.31. The number of hydrogen-bond donors (Lipinski definition) is 1. The first-order valence-electron chi connectivity index (χ1n) is 6.80. The van der Waals surface area contributed by atoms with Gasteiger partial charge in [0.15, 0.2) is 0 Å². The van der Waals surface area contributed by atoms with Crippen LogP contribution in [-0.2, 0) is 12.7 Å². The average molecular weight is 297 g/mol. The number of aromatic nitrogens is 2. The molecule has 1 heterocycles. The number of benzene rings is 1. The number of halogens is 3. The Morgan fingerprint density at radius 1 is 1.19 bits per heavy atom. The molecule has 3 nitrogen and oxygen atoms in total. The van der Waals surface area contributed by atoms with Crippen LogP contribution in [0.2, 0.25) is 0 Å². The largest absolute Gasteiger partial charge is 0.416 e. The molecule has 1 N–H and O–H groups in total. The summed E-state index contributed by atoms with van der Waals surface area (Å²) in [5, 5.41) is 6.93. The third-order valence-electron chi connectivity index (χ3n) is 3.27. The molecule has 2 aromatic rings. The van der Waals surface area contributed by atoms with E-state index in [1.807, 2.05) is 7.05 Å². The van der Waals surface area contributed by atoms with Gasteiger partial charge in [0.1, 0.15) is 0 Å². The Morgan fingerprint density at radius 2 is 1.86 bits per heavy atom. The van der Waals surface area contributed by atoms with Gasteiger partial charge in [-0.15, -0.1) is 0 Å². The molecule has 114 valence electrons. The number of aromatic amines is 1. The first-order chi connectivity index (χ1) is 9.91. The van der Waals surface area contributed by atoms with E-state index >= 15 is 0 Å². The Morgan fingerprint density at radius 3 is 2.43 bits per heavy atom. The zero-order valence-corrected chi connectivity index (χ0v) is 12.0. The quantitative estimate of drug-likeness (QED) is 0.906. The van der Waals surface area contributed by atoms with E-state index in [-0.39, 0.29) is 0 Å². The SMILES string of the molecule is CCCN(C)Cc1[nH]ncc1-c1ccc(C(F)(F)F)cc1. The van der Waals surface area contributed by atoms with Crippen LogP contribution in [0.4, 0.5) is 13.2 Å². The van der Waals surface area contributed by atoms with Crippen LogP contribution < -0.4 is 0 Å². The maximum Gasteiger partial charge on any atom is 0.416 e. The van der Waals surface area contributed by atoms with Crippen molar-refractivity contribution >= 4 is 0 Å². The lowest BCUT2D eigenvalue weighted by molar-refractivity contribution is -0.137.